The highest BCUT2D eigenvalue weighted by molar-refractivity contribution is 5.73. The summed E-state index contributed by atoms with van der Waals surface area (Å²) >= 11 is 0. The summed E-state index contributed by atoms with van der Waals surface area (Å²) in [6, 6.07) is 0. The number of aliphatic carboxylic acids is 1. The van der Waals surface area contributed by atoms with Gasteiger partial charge in [0, 0.05) is 0 Å². The van der Waals surface area contributed by atoms with E-state index in [9.17, 15) is 4.79 Å². The molecule has 0 saturated carbocycles. The van der Waals surface area contributed by atoms with Crippen molar-refractivity contribution < 1.29 is 30.0 Å². The standard InChI is InChI=1S/C5H8O6/c6-1-2(7)5(10)11-3(1)4(8)9/h1-3,5-7,10H,(H,8,9)/t1-,2-,3-,5?/m1/s1. The third-order valence-corrected chi connectivity index (χ3v) is 1.48. The highest BCUT2D eigenvalue weighted by Gasteiger charge is 2.45. The number of hydrogen-bond acceptors (Lipinski definition) is 5. The summed E-state index contributed by atoms with van der Waals surface area (Å²) in [7, 11) is 0. The van der Waals surface area contributed by atoms with Crippen molar-refractivity contribution in [1.29, 1.82) is 0 Å². The highest BCUT2D eigenvalue weighted by atomic mass is 16.7. The van der Waals surface area contributed by atoms with Gasteiger partial charge in [-0.05, 0) is 0 Å². The van der Waals surface area contributed by atoms with Gasteiger partial charge in [-0.3, -0.25) is 0 Å². The maximum atomic E-state index is 10.2. The topological polar surface area (TPSA) is 107 Å². The van der Waals surface area contributed by atoms with Crippen LogP contribution in [0.25, 0.3) is 0 Å². The Balaban J connectivity index is 2.67. The molecule has 0 aromatic carbocycles. The highest BCUT2D eigenvalue weighted by Crippen LogP contribution is 2.19. The van der Waals surface area contributed by atoms with Crippen LogP contribution in [0.2, 0.25) is 0 Å². The number of carbonyl (C=O) groups is 1. The summed E-state index contributed by atoms with van der Waals surface area (Å²) < 4.78 is 4.30. The fourth-order valence-corrected chi connectivity index (χ4v) is 0.863. The van der Waals surface area contributed by atoms with Crippen LogP contribution in [0.15, 0.2) is 0 Å². The van der Waals surface area contributed by atoms with Gasteiger partial charge < -0.3 is 25.2 Å². The first-order valence-electron chi connectivity index (χ1n) is 2.96. The van der Waals surface area contributed by atoms with Gasteiger partial charge in [0.2, 0.25) is 0 Å². The number of hydrogen-bond donors (Lipinski definition) is 4. The van der Waals surface area contributed by atoms with E-state index in [1.165, 1.54) is 0 Å². The van der Waals surface area contributed by atoms with Crippen molar-refractivity contribution in [3.8, 4) is 0 Å². The molecule has 0 aromatic rings. The Morgan fingerprint density at radius 2 is 1.73 bits per heavy atom. The lowest BCUT2D eigenvalue weighted by atomic mass is 10.1. The average Bonchev–Trinajstić information content (AvgIpc) is 2.17. The molecule has 6 nitrogen and oxygen atoms in total. The summed E-state index contributed by atoms with van der Waals surface area (Å²) in [5, 5.41) is 34.7. The summed E-state index contributed by atoms with van der Waals surface area (Å²) in [6.45, 7) is 0. The van der Waals surface area contributed by atoms with E-state index >= 15 is 0 Å². The van der Waals surface area contributed by atoms with Gasteiger partial charge in [0.1, 0.15) is 12.2 Å². The van der Waals surface area contributed by atoms with Crippen LogP contribution in [0.1, 0.15) is 0 Å². The molecule has 64 valence electrons. The first-order chi connectivity index (χ1) is 5.04. The van der Waals surface area contributed by atoms with Crippen LogP contribution in [0.4, 0.5) is 0 Å². The molecule has 0 amide bonds. The molecule has 1 unspecified atom stereocenters. The van der Waals surface area contributed by atoms with E-state index in [1.54, 1.807) is 0 Å². The number of aliphatic hydroxyl groups is 3. The van der Waals surface area contributed by atoms with Crippen LogP contribution in [0, 0.1) is 0 Å². The van der Waals surface area contributed by atoms with E-state index in [4.69, 9.17) is 20.4 Å². The Hall–Kier alpha value is -0.690. The molecular formula is C5H8O6. The van der Waals surface area contributed by atoms with Crippen LogP contribution in [-0.2, 0) is 9.53 Å². The van der Waals surface area contributed by atoms with E-state index in [0.29, 0.717) is 0 Å². The first kappa shape index (κ1) is 8.41. The molecule has 0 aromatic heterocycles. The third kappa shape index (κ3) is 1.33. The Bertz CT molecular complexity index is 168. The number of aliphatic hydroxyl groups excluding tert-OH is 3. The molecule has 0 spiro atoms. The minimum Gasteiger partial charge on any atom is -0.479 e. The van der Waals surface area contributed by atoms with Crippen molar-refractivity contribution in [2.24, 2.45) is 0 Å². The second-order valence-electron chi connectivity index (χ2n) is 2.27. The van der Waals surface area contributed by atoms with Crippen LogP contribution in [0.3, 0.4) is 0 Å². The minimum atomic E-state index is -1.62. The zero-order valence-electron chi connectivity index (χ0n) is 5.41. The number of rotatable bonds is 1. The van der Waals surface area contributed by atoms with Crippen molar-refractivity contribution in [3.63, 3.8) is 0 Å². The van der Waals surface area contributed by atoms with Crippen molar-refractivity contribution in [3.05, 3.63) is 0 Å². The van der Waals surface area contributed by atoms with Gasteiger partial charge in [0.05, 0.1) is 0 Å². The lowest BCUT2D eigenvalue weighted by Crippen LogP contribution is -2.36. The number of carboxylic acid groups (broad SMARTS) is 1. The molecule has 1 saturated heterocycles. The van der Waals surface area contributed by atoms with E-state index in [1.807, 2.05) is 0 Å². The van der Waals surface area contributed by atoms with Gasteiger partial charge in [0.15, 0.2) is 12.4 Å². The predicted octanol–water partition coefficient (Wildman–Crippen LogP) is -2.49. The molecule has 1 aliphatic heterocycles. The van der Waals surface area contributed by atoms with Crippen molar-refractivity contribution in [2.45, 2.75) is 24.6 Å². The Morgan fingerprint density at radius 1 is 1.18 bits per heavy atom. The molecule has 11 heavy (non-hydrogen) atoms. The van der Waals surface area contributed by atoms with Crippen LogP contribution >= 0.6 is 0 Å². The average molecular weight is 164 g/mol. The van der Waals surface area contributed by atoms with Gasteiger partial charge in [-0.1, -0.05) is 0 Å². The fraction of sp³-hybridized carbons (Fsp3) is 0.800. The van der Waals surface area contributed by atoms with Gasteiger partial charge in [-0.2, -0.15) is 0 Å². The second-order valence-corrected chi connectivity index (χ2v) is 2.27. The van der Waals surface area contributed by atoms with Crippen LogP contribution < -0.4 is 0 Å². The van der Waals surface area contributed by atoms with Crippen LogP contribution in [0.5, 0.6) is 0 Å². The smallest absolute Gasteiger partial charge is 0.335 e. The molecule has 0 radical (unpaired) electrons. The Labute approximate surface area is 61.6 Å². The van der Waals surface area contributed by atoms with E-state index in [2.05, 4.69) is 4.74 Å². The molecular weight excluding hydrogens is 156 g/mol. The van der Waals surface area contributed by atoms with Gasteiger partial charge >= 0.3 is 5.97 Å². The van der Waals surface area contributed by atoms with Crippen molar-refractivity contribution in [1.82, 2.24) is 0 Å². The quantitative estimate of drug-likeness (QED) is 0.341. The third-order valence-electron chi connectivity index (χ3n) is 1.48. The second kappa shape index (κ2) is 2.74. The summed E-state index contributed by atoms with van der Waals surface area (Å²) in [6.07, 6.45) is -6.27. The van der Waals surface area contributed by atoms with E-state index in [0.717, 1.165) is 0 Å². The maximum Gasteiger partial charge on any atom is 0.335 e. The van der Waals surface area contributed by atoms with E-state index < -0.39 is 30.6 Å². The Morgan fingerprint density at radius 3 is 1.91 bits per heavy atom. The zero-order chi connectivity index (χ0) is 8.59. The maximum absolute atomic E-state index is 10.2. The van der Waals surface area contributed by atoms with Crippen molar-refractivity contribution in [2.75, 3.05) is 0 Å². The molecule has 4 N–H and O–H groups in total. The zero-order valence-corrected chi connectivity index (χ0v) is 5.41. The lowest BCUT2D eigenvalue weighted by molar-refractivity contribution is -0.165. The number of carboxylic acids is 1. The van der Waals surface area contributed by atoms with Gasteiger partial charge in [-0.25, -0.2) is 4.79 Å². The number of ether oxygens (including phenoxy) is 1. The Kier molecular flexibility index (Phi) is 2.10. The van der Waals surface area contributed by atoms with Gasteiger partial charge in [0.25, 0.3) is 0 Å². The SMILES string of the molecule is O=C(O)[C@@H]1OC(O)[C@H](O)[C@H]1O. The molecule has 6 heteroatoms. The van der Waals surface area contributed by atoms with E-state index in [-0.39, 0.29) is 0 Å². The summed E-state index contributed by atoms with van der Waals surface area (Å²) in [5.41, 5.74) is 0. The summed E-state index contributed by atoms with van der Waals surface area (Å²) in [4.78, 5) is 10.2. The van der Waals surface area contributed by atoms with Crippen molar-refractivity contribution >= 4 is 5.97 Å². The first-order valence-corrected chi connectivity index (χ1v) is 2.96. The largest absolute Gasteiger partial charge is 0.479 e. The molecule has 0 aliphatic carbocycles. The predicted molar refractivity (Wildman–Crippen MR) is 30.5 cm³/mol. The minimum absolute atomic E-state index is 1.41. The van der Waals surface area contributed by atoms with Crippen LogP contribution in [-0.4, -0.2) is 51.0 Å². The molecule has 4 atom stereocenters. The lowest BCUT2D eigenvalue weighted by Gasteiger charge is -2.08. The summed E-state index contributed by atoms with van der Waals surface area (Å²) in [5.74, 6) is -1.41. The normalized spacial score (nSPS) is 44.3. The van der Waals surface area contributed by atoms with Gasteiger partial charge in [-0.15, -0.1) is 0 Å². The molecule has 1 aliphatic rings. The fourth-order valence-electron chi connectivity index (χ4n) is 0.863. The molecule has 1 fully saturated rings. The molecule has 1 heterocycles. The molecule has 1 rings (SSSR count). The monoisotopic (exact) mass is 164 g/mol. The molecule has 0 bridgehead atoms.